The van der Waals surface area contributed by atoms with Gasteiger partial charge in [-0.3, -0.25) is 14.5 Å². The minimum absolute atomic E-state index is 0.0376. The summed E-state index contributed by atoms with van der Waals surface area (Å²) in [6.07, 6.45) is 4.10. The summed E-state index contributed by atoms with van der Waals surface area (Å²) in [6, 6.07) is 0. The number of carbonyl (C=O) groups is 3. The van der Waals surface area contributed by atoms with Crippen LogP contribution in [0.2, 0.25) is 0 Å². The van der Waals surface area contributed by atoms with Gasteiger partial charge in [-0.25, -0.2) is 4.79 Å². The van der Waals surface area contributed by atoms with Crippen LogP contribution in [0, 0.1) is 0 Å². The number of imide groups is 1. The van der Waals surface area contributed by atoms with Crippen molar-refractivity contribution >= 4 is 17.8 Å². The van der Waals surface area contributed by atoms with Crippen LogP contribution >= 0.6 is 0 Å². The number of ether oxygens (including phenoxy) is 2. The first-order valence-corrected chi connectivity index (χ1v) is 7.49. The van der Waals surface area contributed by atoms with Crippen LogP contribution in [-0.4, -0.2) is 42.6 Å². The first kappa shape index (κ1) is 20.8. The van der Waals surface area contributed by atoms with E-state index in [1.54, 1.807) is 6.92 Å². The van der Waals surface area contributed by atoms with Crippen molar-refractivity contribution in [3.05, 3.63) is 36.5 Å². The van der Waals surface area contributed by atoms with Crippen molar-refractivity contribution < 1.29 is 23.9 Å². The molecule has 0 heterocycles. The average Bonchev–Trinajstić information content (AvgIpc) is 2.53. The molecular weight excluding hydrogens is 298 g/mol. The van der Waals surface area contributed by atoms with Gasteiger partial charge >= 0.3 is 5.97 Å². The van der Waals surface area contributed by atoms with Crippen LogP contribution in [0.5, 0.6) is 0 Å². The highest BCUT2D eigenvalue weighted by Crippen LogP contribution is 2.08. The Labute approximate surface area is 137 Å². The van der Waals surface area contributed by atoms with Gasteiger partial charge in [0, 0.05) is 12.2 Å². The number of rotatable bonds is 10. The third-order valence-electron chi connectivity index (χ3n) is 2.81. The van der Waals surface area contributed by atoms with Gasteiger partial charge in [0.2, 0.25) is 0 Å². The smallest absolute Gasteiger partial charge is 0.337 e. The third-order valence-corrected chi connectivity index (χ3v) is 2.81. The Morgan fingerprint density at radius 2 is 1.87 bits per heavy atom. The first-order valence-electron chi connectivity index (χ1n) is 7.49. The second-order valence-corrected chi connectivity index (χ2v) is 4.74. The summed E-state index contributed by atoms with van der Waals surface area (Å²) < 4.78 is 10.1. The second kappa shape index (κ2) is 11.4. The van der Waals surface area contributed by atoms with Crippen LogP contribution in [0.4, 0.5) is 0 Å². The zero-order chi connectivity index (χ0) is 17.8. The van der Waals surface area contributed by atoms with E-state index < -0.39 is 17.8 Å². The lowest BCUT2D eigenvalue weighted by Gasteiger charge is -2.19. The fourth-order valence-corrected chi connectivity index (χ4v) is 1.55. The van der Waals surface area contributed by atoms with E-state index >= 15 is 0 Å². The van der Waals surface area contributed by atoms with Gasteiger partial charge < -0.3 is 9.47 Å². The van der Waals surface area contributed by atoms with Gasteiger partial charge in [0.15, 0.2) is 0 Å². The Morgan fingerprint density at radius 3 is 2.39 bits per heavy atom. The number of hydrogen-bond acceptors (Lipinski definition) is 5. The topological polar surface area (TPSA) is 72.9 Å². The van der Waals surface area contributed by atoms with Gasteiger partial charge in [0.25, 0.3) is 11.8 Å². The van der Waals surface area contributed by atoms with Crippen molar-refractivity contribution in [2.24, 2.45) is 0 Å². The van der Waals surface area contributed by atoms with E-state index in [0.717, 1.165) is 23.8 Å². The third kappa shape index (κ3) is 7.56. The van der Waals surface area contributed by atoms with Gasteiger partial charge in [0.1, 0.15) is 6.73 Å². The van der Waals surface area contributed by atoms with Crippen LogP contribution in [0.25, 0.3) is 0 Å². The van der Waals surface area contributed by atoms with Crippen molar-refractivity contribution in [1.29, 1.82) is 0 Å². The summed E-state index contributed by atoms with van der Waals surface area (Å²) in [4.78, 5) is 36.6. The molecule has 0 rings (SSSR count). The molecule has 0 saturated carbocycles. The predicted octanol–water partition coefficient (Wildman–Crippen LogP) is 2.37. The molecular formula is C17H25NO5. The number of esters is 1. The molecule has 0 unspecified atom stereocenters. The van der Waals surface area contributed by atoms with E-state index in [1.165, 1.54) is 13.0 Å². The average molecular weight is 323 g/mol. The Hall–Kier alpha value is -2.21. The number of hydrogen-bond donors (Lipinski definition) is 0. The molecule has 128 valence electrons. The van der Waals surface area contributed by atoms with Gasteiger partial charge in [-0.15, -0.1) is 0 Å². The minimum Gasteiger partial charge on any atom is -0.462 e. The molecule has 0 radical (unpaired) electrons. The predicted molar refractivity (Wildman–Crippen MR) is 87.3 cm³/mol. The molecule has 0 aromatic carbocycles. The SMILES string of the molecule is C=CC(=O)N(COCCCC)C(=O)C(C)=CC(=C)C(=O)OCC. The molecule has 23 heavy (non-hydrogen) atoms. The van der Waals surface area contributed by atoms with Crippen LogP contribution in [0.15, 0.2) is 36.5 Å². The molecule has 0 N–H and O–H groups in total. The van der Waals surface area contributed by atoms with Crippen LogP contribution < -0.4 is 0 Å². The monoisotopic (exact) mass is 323 g/mol. The van der Waals surface area contributed by atoms with E-state index in [9.17, 15) is 14.4 Å². The Morgan fingerprint density at radius 1 is 1.22 bits per heavy atom. The first-order chi connectivity index (χ1) is 10.9. The highest BCUT2D eigenvalue weighted by atomic mass is 16.5. The summed E-state index contributed by atoms with van der Waals surface area (Å²) >= 11 is 0. The Bertz CT molecular complexity index is 493. The molecule has 0 aliphatic heterocycles. The molecule has 0 bridgehead atoms. The summed E-state index contributed by atoms with van der Waals surface area (Å²) in [6.45, 7) is 12.6. The van der Waals surface area contributed by atoms with E-state index in [-0.39, 0.29) is 24.5 Å². The zero-order valence-corrected chi connectivity index (χ0v) is 14.1. The maximum Gasteiger partial charge on any atom is 0.337 e. The van der Waals surface area contributed by atoms with Gasteiger partial charge in [-0.05, 0) is 32.4 Å². The molecule has 6 heteroatoms. The highest BCUT2D eigenvalue weighted by Gasteiger charge is 2.21. The number of carbonyl (C=O) groups excluding carboxylic acids is 3. The molecule has 0 saturated heterocycles. The van der Waals surface area contributed by atoms with Crippen LogP contribution in [0.1, 0.15) is 33.6 Å². The molecule has 0 aliphatic carbocycles. The fourth-order valence-electron chi connectivity index (χ4n) is 1.55. The normalized spacial score (nSPS) is 10.8. The summed E-state index contributed by atoms with van der Waals surface area (Å²) in [5.74, 6) is -1.75. The van der Waals surface area contributed by atoms with Gasteiger partial charge in [-0.1, -0.05) is 26.5 Å². The van der Waals surface area contributed by atoms with Crippen molar-refractivity contribution in [3.63, 3.8) is 0 Å². The maximum absolute atomic E-state index is 12.3. The molecule has 0 atom stereocenters. The van der Waals surface area contributed by atoms with E-state index in [2.05, 4.69) is 13.2 Å². The fraction of sp³-hybridized carbons (Fsp3) is 0.471. The Kier molecular flexibility index (Phi) is 10.3. The summed E-state index contributed by atoms with van der Waals surface area (Å²) in [7, 11) is 0. The minimum atomic E-state index is -0.611. The van der Waals surface area contributed by atoms with Crippen LogP contribution in [0.3, 0.4) is 0 Å². The number of nitrogens with zero attached hydrogens (tertiary/aromatic N) is 1. The lowest BCUT2D eigenvalue weighted by atomic mass is 10.1. The molecule has 0 spiro atoms. The molecule has 2 amide bonds. The number of amides is 2. The van der Waals surface area contributed by atoms with Crippen LogP contribution in [-0.2, 0) is 23.9 Å². The lowest BCUT2D eigenvalue weighted by Crippen LogP contribution is -2.38. The Balaban J connectivity index is 4.98. The number of unbranched alkanes of at least 4 members (excludes halogenated alkanes) is 1. The van der Waals surface area contributed by atoms with Crippen molar-refractivity contribution in [2.45, 2.75) is 33.6 Å². The molecule has 0 aromatic rings. The van der Waals surface area contributed by atoms with E-state index in [0.29, 0.717) is 6.61 Å². The summed E-state index contributed by atoms with van der Waals surface area (Å²) in [5.41, 5.74) is 0.216. The molecule has 0 aliphatic rings. The van der Waals surface area contributed by atoms with E-state index in [4.69, 9.17) is 9.47 Å². The standard InChI is InChI=1S/C17H25NO5/c1-6-9-10-22-12-18(15(19)7-2)16(20)13(4)11-14(5)17(21)23-8-3/h7,11H,2,5-6,8-10,12H2,1,3-4H3. The van der Waals surface area contributed by atoms with Crippen molar-refractivity contribution in [3.8, 4) is 0 Å². The largest absolute Gasteiger partial charge is 0.462 e. The molecule has 0 fully saturated rings. The zero-order valence-electron chi connectivity index (χ0n) is 14.1. The lowest BCUT2D eigenvalue weighted by molar-refractivity contribution is -0.145. The maximum atomic E-state index is 12.3. The quantitative estimate of drug-likeness (QED) is 0.203. The highest BCUT2D eigenvalue weighted by molar-refractivity contribution is 6.08. The van der Waals surface area contributed by atoms with Crippen molar-refractivity contribution in [1.82, 2.24) is 4.90 Å². The van der Waals surface area contributed by atoms with Gasteiger partial charge in [0.05, 0.1) is 12.2 Å². The molecule has 6 nitrogen and oxygen atoms in total. The molecule has 0 aromatic heterocycles. The van der Waals surface area contributed by atoms with Crippen molar-refractivity contribution in [2.75, 3.05) is 19.9 Å². The van der Waals surface area contributed by atoms with Gasteiger partial charge in [-0.2, -0.15) is 0 Å². The van der Waals surface area contributed by atoms with E-state index in [1.807, 2.05) is 6.92 Å². The summed E-state index contributed by atoms with van der Waals surface area (Å²) in [5, 5.41) is 0. The second-order valence-electron chi connectivity index (χ2n) is 4.74.